The summed E-state index contributed by atoms with van der Waals surface area (Å²) in [6, 6.07) is 0. The second kappa shape index (κ2) is 5.24. The molecule has 0 aromatic carbocycles. The topological polar surface area (TPSA) is 74.2 Å². The third-order valence-corrected chi connectivity index (χ3v) is 5.40. The Hall–Kier alpha value is -0.600. The second-order valence-corrected chi connectivity index (χ2v) is 7.16. The maximum absolute atomic E-state index is 11.6. The number of Topliss-reactive ketones (excluding diaryl/α,β-unsaturated/α-hetero) is 1. The Morgan fingerprint density at radius 2 is 2.14 bits per heavy atom. The molecule has 0 aromatic rings. The van der Waals surface area contributed by atoms with E-state index in [9.17, 15) is 9.90 Å². The molecular formula is C14H20O6S. The number of thioether (sulfide) groups is 1. The third kappa shape index (κ3) is 2.73. The number of rotatable bonds is 1. The van der Waals surface area contributed by atoms with Crippen LogP contribution in [0.15, 0.2) is 10.7 Å². The van der Waals surface area contributed by atoms with Gasteiger partial charge in [0.15, 0.2) is 11.6 Å². The highest BCUT2D eigenvalue weighted by Gasteiger charge is 2.53. The molecule has 5 atom stereocenters. The quantitative estimate of drug-likeness (QED) is 0.778. The van der Waals surface area contributed by atoms with Gasteiger partial charge in [0, 0.05) is 0 Å². The van der Waals surface area contributed by atoms with Crippen LogP contribution in [0.4, 0.5) is 0 Å². The lowest BCUT2D eigenvalue weighted by Crippen LogP contribution is -2.64. The van der Waals surface area contributed by atoms with E-state index in [0.717, 1.165) is 0 Å². The maximum atomic E-state index is 11.6. The normalized spacial score (nSPS) is 41.9. The lowest BCUT2D eigenvalue weighted by atomic mass is 9.99. The predicted octanol–water partition coefficient (Wildman–Crippen LogP) is 1.18. The molecule has 118 valence electrons. The second-order valence-electron chi connectivity index (χ2n) is 5.97. The fourth-order valence-corrected chi connectivity index (χ4v) is 3.99. The van der Waals surface area contributed by atoms with Gasteiger partial charge in [0.05, 0.1) is 11.5 Å². The van der Waals surface area contributed by atoms with E-state index in [2.05, 4.69) is 0 Å². The summed E-state index contributed by atoms with van der Waals surface area (Å²) in [4.78, 5) is 12.2. The van der Waals surface area contributed by atoms with E-state index < -0.39 is 24.3 Å². The Morgan fingerprint density at radius 1 is 1.43 bits per heavy atom. The summed E-state index contributed by atoms with van der Waals surface area (Å²) in [7, 11) is 0. The van der Waals surface area contributed by atoms with Crippen molar-refractivity contribution in [1.29, 1.82) is 0 Å². The number of carbonyl (C=O) groups excluding carboxylic acids is 1. The minimum absolute atomic E-state index is 0.0708. The van der Waals surface area contributed by atoms with Crippen molar-refractivity contribution in [1.82, 2.24) is 0 Å². The largest absolute Gasteiger partial charge is 0.467 e. The predicted molar refractivity (Wildman–Crippen MR) is 75.4 cm³/mol. The van der Waals surface area contributed by atoms with Crippen LogP contribution in [0.2, 0.25) is 0 Å². The van der Waals surface area contributed by atoms with Crippen molar-refractivity contribution in [2.24, 2.45) is 0 Å². The lowest BCUT2D eigenvalue weighted by molar-refractivity contribution is -0.359. The first-order valence-corrected chi connectivity index (χ1v) is 7.87. The van der Waals surface area contributed by atoms with Crippen LogP contribution in [0.5, 0.6) is 0 Å². The molecule has 2 saturated heterocycles. The van der Waals surface area contributed by atoms with Crippen LogP contribution < -0.4 is 0 Å². The average Bonchev–Trinajstić information content (AvgIpc) is 2.38. The monoisotopic (exact) mass is 316 g/mol. The van der Waals surface area contributed by atoms with E-state index in [-0.39, 0.29) is 17.1 Å². The van der Waals surface area contributed by atoms with Crippen LogP contribution in [0.25, 0.3) is 0 Å². The highest BCUT2D eigenvalue weighted by molar-refractivity contribution is 8.04. The van der Waals surface area contributed by atoms with Gasteiger partial charge in [-0.05, 0) is 27.7 Å². The van der Waals surface area contributed by atoms with Crippen molar-refractivity contribution in [3.63, 3.8) is 0 Å². The number of aliphatic hydroxyl groups excluding tert-OH is 1. The molecule has 7 heteroatoms. The molecule has 0 radical (unpaired) electrons. The Morgan fingerprint density at radius 3 is 2.81 bits per heavy atom. The van der Waals surface area contributed by atoms with Crippen LogP contribution >= 0.6 is 11.8 Å². The van der Waals surface area contributed by atoms with Crippen LogP contribution in [0.3, 0.4) is 0 Å². The molecule has 0 amide bonds. The molecule has 3 heterocycles. The van der Waals surface area contributed by atoms with E-state index in [4.69, 9.17) is 18.9 Å². The van der Waals surface area contributed by atoms with Crippen molar-refractivity contribution in [2.75, 3.05) is 6.61 Å². The minimum Gasteiger partial charge on any atom is -0.467 e. The van der Waals surface area contributed by atoms with E-state index in [1.165, 1.54) is 18.7 Å². The molecule has 0 saturated carbocycles. The van der Waals surface area contributed by atoms with Gasteiger partial charge in [0.2, 0.25) is 6.29 Å². The van der Waals surface area contributed by atoms with Crippen molar-refractivity contribution >= 4 is 17.5 Å². The summed E-state index contributed by atoms with van der Waals surface area (Å²) in [5, 5.41) is 10.2. The zero-order valence-corrected chi connectivity index (χ0v) is 13.3. The number of fused-ring (bicyclic) bond motifs is 2. The van der Waals surface area contributed by atoms with Gasteiger partial charge in [-0.1, -0.05) is 0 Å². The fraction of sp³-hybridized carbons (Fsp3) is 0.786. The third-order valence-electron chi connectivity index (χ3n) is 3.82. The standard InChI is InChI=1S/C14H20O6S/c1-6(15)11-7(2)18-13-12(21-11)9(16)10-8(19-13)5-17-14(3,4)20-10/h8-10,12-13,16H,5H2,1-4H3/t8-,9+,10-,12-,13+/m1/s1. The molecule has 3 aliphatic rings. The van der Waals surface area contributed by atoms with E-state index >= 15 is 0 Å². The molecular weight excluding hydrogens is 296 g/mol. The van der Waals surface area contributed by atoms with Crippen molar-refractivity contribution in [3.8, 4) is 0 Å². The molecule has 3 rings (SSSR count). The fourth-order valence-electron chi connectivity index (χ4n) is 2.82. The number of hydrogen-bond donors (Lipinski definition) is 1. The van der Waals surface area contributed by atoms with E-state index in [1.807, 2.05) is 0 Å². The van der Waals surface area contributed by atoms with Crippen molar-refractivity contribution in [3.05, 3.63) is 10.7 Å². The number of carbonyl (C=O) groups is 1. The SMILES string of the molecule is CC(=O)C1=C(C)O[C@H]2O[C@@H]3COC(C)(C)O[C@H]3[C@H](O)[C@H]2S1. The Balaban J connectivity index is 1.84. The zero-order valence-electron chi connectivity index (χ0n) is 12.5. The summed E-state index contributed by atoms with van der Waals surface area (Å²) in [5.74, 6) is -0.288. The van der Waals surface area contributed by atoms with E-state index in [0.29, 0.717) is 17.3 Å². The van der Waals surface area contributed by atoms with Gasteiger partial charge in [0.1, 0.15) is 29.3 Å². The summed E-state index contributed by atoms with van der Waals surface area (Å²) < 4.78 is 22.9. The summed E-state index contributed by atoms with van der Waals surface area (Å²) in [6.45, 7) is 7.17. The average molecular weight is 316 g/mol. The van der Waals surface area contributed by atoms with Gasteiger partial charge in [-0.3, -0.25) is 4.79 Å². The Kier molecular flexibility index (Phi) is 3.82. The summed E-state index contributed by atoms with van der Waals surface area (Å²) in [6.07, 6.45) is -2.24. The molecule has 0 unspecified atom stereocenters. The number of ether oxygens (including phenoxy) is 4. The van der Waals surface area contributed by atoms with Crippen LogP contribution in [-0.4, -0.2) is 53.1 Å². The number of hydrogen-bond acceptors (Lipinski definition) is 7. The minimum atomic E-state index is -0.788. The summed E-state index contributed by atoms with van der Waals surface area (Å²) in [5.41, 5.74) is 0. The van der Waals surface area contributed by atoms with Crippen molar-refractivity contribution in [2.45, 2.75) is 63.3 Å². The molecule has 2 fully saturated rings. The molecule has 3 aliphatic heterocycles. The highest BCUT2D eigenvalue weighted by atomic mass is 32.2. The molecule has 0 aromatic heterocycles. The number of allylic oxidation sites excluding steroid dienone is 2. The molecule has 0 bridgehead atoms. The van der Waals surface area contributed by atoms with Crippen molar-refractivity contribution < 1.29 is 28.8 Å². The molecule has 1 N–H and O–H groups in total. The van der Waals surface area contributed by atoms with Crippen LogP contribution in [0, 0.1) is 0 Å². The van der Waals surface area contributed by atoms with Gasteiger partial charge in [-0.25, -0.2) is 0 Å². The zero-order chi connectivity index (χ0) is 15.4. The maximum Gasteiger partial charge on any atom is 0.214 e. The van der Waals surface area contributed by atoms with Crippen LogP contribution in [-0.2, 0) is 23.7 Å². The molecule has 6 nitrogen and oxygen atoms in total. The molecule has 21 heavy (non-hydrogen) atoms. The van der Waals surface area contributed by atoms with Gasteiger partial charge >= 0.3 is 0 Å². The molecule has 0 spiro atoms. The van der Waals surface area contributed by atoms with E-state index in [1.54, 1.807) is 20.8 Å². The highest BCUT2D eigenvalue weighted by Crippen LogP contribution is 2.43. The van der Waals surface area contributed by atoms with Gasteiger partial charge in [-0.15, -0.1) is 11.8 Å². The Labute approximate surface area is 127 Å². The number of aliphatic hydroxyl groups is 1. The first-order valence-electron chi connectivity index (χ1n) is 6.99. The molecule has 0 aliphatic carbocycles. The first kappa shape index (κ1) is 15.3. The van der Waals surface area contributed by atoms with Gasteiger partial charge < -0.3 is 24.1 Å². The Bertz CT molecular complexity index is 488. The van der Waals surface area contributed by atoms with Gasteiger partial charge in [-0.2, -0.15) is 0 Å². The lowest BCUT2D eigenvalue weighted by Gasteiger charge is -2.50. The first-order chi connectivity index (χ1) is 9.78. The van der Waals surface area contributed by atoms with Crippen LogP contribution in [0.1, 0.15) is 27.7 Å². The number of ketones is 1. The van der Waals surface area contributed by atoms with Gasteiger partial charge in [0.25, 0.3) is 0 Å². The smallest absolute Gasteiger partial charge is 0.214 e. The summed E-state index contributed by atoms with van der Waals surface area (Å²) >= 11 is 1.30.